The fourth-order valence-electron chi connectivity index (χ4n) is 2.39. The van der Waals surface area contributed by atoms with E-state index in [0.717, 1.165) is 25.0 Å². The molecule has 1 fully saturated rings. The molecule has 0 bridgehead atoms. The van der Waals surface area contributed by atoms with Gasteiger partial charge < -0.3 is 15.0 Å². The van der Waals surface area contributed by atoms with E-state index in [1.807, 2.05) is 56.0 Å². The van der Waals surface area contributed by atoms with Crippen molar-refractivity contribution in [3.8, 4) is 0 Å². The molecule has 0 saturated carbocycles. The molecular weight excluding hydrogens is 263 g/mol. The first kappa shape index (κ1) is 15.9. The van der Waals surface area contributed by atoms with E-state index >= 15 is 0 Å². The summed E-state index contributed by atoms with van der Waals surface area (Å²) in [5.74, 6) is 0. The fourth-order valence-corrected chi connectivity index (χ4v) is 2.39. The van der Waals surface area contributed by atoms with Crippen LogP contribution in [-0.2, 0) is 4.74 Å². The van der Waals surface area contributed by atoms with E-state index in [4.69, 9.17) is 4.74 Å². The summed E-state index contributed by atoms with van der Waals surface area (Å²) in [7, 11) is 2.07. The van der Waals surface area contributed by atoms with Crippen molar-refractivity contribution in [3.63, 3.8) is 0 Å². The lowest BCUT2D eigenvalue weighted by atomic mass is 9.70. The molecule has 2 rings (SSSR count). The van der Waals surface area contributed by atoms with Crippen LogP contribution in [0.3, 0.4) is 0 Å². The third-order valence-electron chi connectivity index (χ3n) is 3.43. The molecule has 1 N–H and O–H groups in total. The van der Waals surface area contributed by atoms with E-state index in [2.05, 4.69) is 12.6 Å². The van der Waals surface area contributed by atoms with Crippen LogP contribution in [0, 0.1) is 0 Å². The van der Waals surface area contributed by atoms with Crippen LogP contribution in [0.25, 0.3) is 0 Å². The predicted molar refractivity (Wildman–Crippen MR) is 86.0 cm³/mol. The highest BCUT2D eigenvalue weighted by Crippen LogP contribution is 2.14. The maximum absolute atomic E-state index is 12.4. The molecule has 21 heavy (non-hydrogen) atoms. The Morgan fingerprint density at radius 2 is 2.10 bits per heavy atom. The van der Waals surface area contributed by atoms with Crippen molar-refractivity contribution >= 4 is 18.8 Å². The van der Waals surface area contributed by atoms with Crippen LogP contribution in [0.15, 0.2) is 30.3 Å². The molecule has 113 valence electrons. The van der Waals surface area contributed by atoms with Gasteiger partial charge in [-0.25, -0.2) is 4.79 Å². The summed E-state index contributed by atoms with van der Waals surface area (Å²) >= 11 is 0. The predicted octanol–water partition coefficient (Wildman–Crippen LogP) is 1.57. The fraction of sp³-hybridized carbons (Fsp3) is 0.562. The molecule has 5 heteroatoms. The molecule has 1 saturated heterocycles. The van der Waals surface area contributed by atoms with E-state index in [0.29, 0.717) is 6.44 Å². The van der Waals surface area contributed by atoms with Gasteiger partial charge >= 0.3 is 6.09 Å². The maximum atomic E-state index is 12.4. The number of amides is 1. The van der Waals surface area contributed by atoms with Crippen LogP contribution >= 0.6 is 0 Å². The Morgan fingerprint density at radius 1 is 1.38 bits per heavy atom. The van der Waals surface area contributed by atoms with Crippen LogP contribution in [-0.4, -0.2) is 49.4 Å². The number of benzene rings is 1. The second kappa shape index (κ2) is 6.99. The smallest absolute Gasteiger partial charge is 0.409 e. The Bertz CT molecular complexity index is 453. The van der Waals surface area contributed by atoms with Gasteiger partial charge in [0.15, 0.2) is 7.28 Å². The highest BCUT2D eigenvalue weighted by atomic mass is 16.6. The van der Waals surface area contributed by atoms with Gasteiger partial charge in [-0.2, -0.15) is 0 Å². The summed E-state index contributed by atoms with van der Waals surface area (Å²) in [6.45, 7) is 7.49. The second-order valence-corrected chi connectivity index (χ2v) is 6.39. The molecular formula is C16H24BN2O2. The first-order chi connectivity index (χ1) is 9.96. The van der Waals surface area contributed by atoms with Gasteiger partial charge in [-0.15, -0.1) is 0 Å². The number of carbonyl (C=O) groups excluding carboxylic acids is 1. The highest BCUT2D eigenvalue weighted by molar-refractivity contribution is 6.53. The lowest BCUT2D eigenvalue weighted by molar-refractivity contribution is 0.0217. The molecule has 1 heterocycles. The number of hydrogen-bond acceptors (Lipinski definition) is 3. The largest absolute Gasteiger partial charge is 0.444 e. The minimum atomic E-state index is -0.464. The number of hydrogen-bond donors (Lipinski definition) is 1. The van der Waals surface area contributed by atoms with E-state index < -0.39 is 5.60 Å². The number of rotatable bonds is 4. The van der Waals surface area contributed by atoms with Gasteiger partial charge in [0, 0.05) is 12.6 Å². The van der Waals surface area contributed by atoms with Crippen LogP contribution in [0.4, 0.5) is 4.79 Å². The second-order valence-electron chi connectivity index (χ2n) is 6.39. The number of carbonyl (C=O) groups is 1. The molecule has 1 aromatic rings. The standard InChI is InChI=1S/C16H24BN2O2/c1-16(2,3)21-15(20)19(14-9-10-18-11-14)12-17-13-7-5-4-6-8-13/h4-8,14,18H,9-12H2,1-3H3. The normalized spacial score (nSPS) is 18.3. The van der Waals surface area contributed by atoms with Crippen molar-refractivity contribution in [1.29, 1.82) is 0 Å². The van der Waals surface area contributed by atoms with Crippen LogP contribution in [0.2, 0.25) is 0 Å². The van der Waals surface area contributed by atoms with Crippen molar-refractivity contribution < 1.29 is 9.53 Å². The Morgan fingerprint density at radius 3 is 2.67 bits per heavy atom. The molecule has 1 amide bonds. The topological polar surface area (TPSA) is 41.6 Å². The van der Waals surface area contributed by atoms with Gasteiger partial charge in [0.2, 0.25) is 0 Å². The number of nitrogens with zero attached hydrogens (tertiary/aromatic N) is 1. The summed E-state index contributed by atoms with van der Waals surface area (Å²) in [6.07, 6.45) is 1.32. The van der Waals surface area contributed by atoms with E-state index in [1.54, 1.807) is 0 Å². The molecule has 1 aliphatic heterocycles. The molecule has 0 spiro atoms. The van der Waals surface area contributed by atoms with Crippen molar-refractivity contribution in [3.05, 3.63) is 30.3 Å². The van der Waals surface area contributed by atoms with Crippen molar-refractivity contribution in [2.75, 3.05) is 19.5 Å². The Balaban J connectivity index is 2.00. The van der Waals surface area contributed by atoms with Gasteiger partial charge in [0.1, 0.15) is 5.60 Å². The van der Waals surface area contributed by atoms with Gasteiger partial charge in [0.05, 0.1) is 0 Å². The number of nitrogens with one attached hydrogen (secondary N) is 1. The zero-order chi connectivity index (χ0) is 15.3. The minimum Gasteiger partial charge on any atom is -0.444 e. The van der Waals surface area contributed by atoms with E-state index in [9.17, 15) is 4.79 Å². The Hall–Kier alpha value is -1.49. The monoisotopic (exact) mass is 287 g/mol. The third kappa shape index (κ3) is 5.08. The van der Waals surface area contributed by atoms with Gasteiger partial charge in [-0.1, -0.05) is 35.8 Å². The first-order valence-electron chi connectivity index (χ1n) is 7.54. The molecule has 4 nitrogen and oxygen atoms in total. The third-order valence-corrected chi connectivity index (χ3v) is 3.43. The average molecular weight is 287 g/mol. The number of ether oxygens (including phenoxy) is 1. The quantitative estimate of drug-likeness (QED) is 0.855. The van der Waals surface area contributed by atoms with E-state index in [1.165, 1.54) is 0 Å². The molecule has 1 unspecified atom stereocenters. The van der Waals surface area contributed by atoms with E-state index in [-0.39, 0.29) is 12.1 Å². The summed E-state index contributed by atoms with van der Waals surface area (Å²) in [6, 6.07) is 10.3. The summed E-state index contributed by atoms with van der Waals surface area (Å²) in [5.41, 5.74) is 0.658. The Kier molecular flexibility index (Phi) is 5.29. The van der Waals surface area contributed by atoms with Crippen molar-refractivity contribution in [2.24, 2.45) is 0 Å². The summed E-state index contributed by atoms with van der Waals surface area (Å²) < 4.78 is 5.54. The van der Waals surface area contributed by atoms with Crippen LogP contribution < -0.4 is 10.8 Å². The molecule has 1 aromatic carbocycles. The lowest BCUT2D eigenvalue weighted by Gasteiger charge is -2.31. The molecule has 1 radical (unpaired) electrons. The molecule has 1 atom stereocenters. The average Bonchev–Trinajstić information content (AvgIpc) is 2.92. The van der Waals surface area contributed by atoms with Gasteiger partial charge in [-0.05, 0) is 40.2 Å². The van der Waals surface area contributed by atoms with Gasteiger partial charge in [-0.3, -0.25) is 0 Å². The zero-order valence-electron chi connectivity index (χ0n) is 13.1. The lowest BCUT2D eigenvalue weighted by Crippen LogP contribution is -2.47. The Labute approximate surface area is 128 Å². The summed E-state index contributed by atoms with van der Waals surface area (Å²) in [5, 5.41) is 3.31. The molecule has 0 aliphatic carbocycles. The van der Waals surface area contributed by atoms with Crippen LogP contribution in [0.5, 0.6) is 0 Å². The maximum Gasteiger partial charge on any atom is 0.409 e. The molecule has 0 aromatic heterocycles. The van der Waals surface area contributed by atoms with Crippen LogP contribution in [0.1, 0.15) is 27.2 Å². The molecule has 1 aliphatic rings. The SMILES string of the molecule is CC(C)(C)OC(=O)N(C[B]c1ccccc1)C1CCNC1. The first-order valence-corrected chi connectivity index (χ1v) is 7.54. The van der Waals surface area contributed by atoms with Crippen molar-refractivity contribution in [2.45, 2.75) is 38.8 Å². The highest BCUT2D eigenvalue weighted by Gasteiger charge is 2.29. The zero-order valence-corrected chi connectivity index (χ0v) is 13.1. The van der Waals surface area contributed by atoms with Crippen molar-refractivity contribution in [1.82, 2.24) is 10.2 Å². The van der Waals surface area contributed by atoms with Gasteiger partial charge in [0.25, 0.3) is 0 Å². The summed E-state index contributed by atoms with van der Waals surface area (Å²) in [4.78, 5) is 14.3. The minimum absolute atomic E-state index is 0.208.